The minimum Gasteiger partial charge on any atom is -0.544 e. The number of aromatic carboxylic acids is 1. The van der Waals surface area contributed by atoms with Gasteiger partial charge in [0.2, 0.25) is 0 Å². The maximum absolute atomic E-state index is 13.7. The van der Waals surface area contributed by atoms with E-state index in [-0.39, 0.29) is 26.9 Å². The molecule has 252 valence electrons. The molecule has 0 fully saturated rings. The van der Waals surface area contributed by atoms with E-state index in [9.17, 15) is 23.1 Å². The summed E-state index contributed by atoms with van der Waals surface area (Å²) in [5, 5.41) is 15.4. The number of thiophene rings is 1. The van der Waals surface area contributed by atoms with Crippen LogP contribution in [0, 0.1) is 0 Å². The second-order valence-electron chi connectivity index (χ2n) is 12.4. The van der Waals surface area contributed by atoms with Crippen molar-refractivity contribution in [2.24, 2.45) is 0 Å². The standard InChI is InChI=1S/C37H33F3N2O5SSi/c1-36(2,3)49(25-14-7-5-8-15-25,26-16-9-6-10-17-26)47-32-20-29-28(19-31(32)45-4)41-23-42(29)30-22-48-34(35(43)44)33(30)46-21-24-13-11-12-18-27(24)37(38,39)40/h5-20,22-23H,21H2,1-4H3,(H,43,44)/p-1. The van der Waals surface area contributed by atoms with Crippen molar-refractivity contribution in [3.63, 3.8) is 0 Å². The molecule has 6 aromatic rings. The molecule has 7 nitrogen and oxygen atoms in total. The van der Waals surface area contributed by atoms with E-state index in [0.717, 1.165) is 27.8 Å². The molecular weight excluding hydrogens is 670 g/mol. The molecule has 0 saturated carbocycles. The molecule has 0 amide bonds. The van der Waals surface area contributed by atoms with Crippen LogP contribution >= 0.6 is 11.3 Å². The van der Waals surface area contributed by atoms with Crippen LogP contribution in [0.15, 0.2) is 109 Å². The Morgan fingerprint density at radius 1 is 0.898 bits per heavy atom. The lowest BCUT2D eigenvalue weighted by Crippen LogP contribution is -2.68. The van der Waals surface area contributed by atoms with Crippen LogP contribution in [-0.4, -0.2) is 30.9 Å². The fraction of sp³-hybridized carbons (Fsp3) is 0.189. The number of carbonyl (C=O) groups is 1. The van der Waals surface area contributed by atoms with Gasteiger partial charge in [0.25, 0.3) is 0 Å². The Hall–Kier alpha value is -5.07. The molecule has 0 unspecified atom stereocenters. The van der Waals surface area contributed by atoms with Crippen LogP contribution in [-0.2, 0) is 12.8 Å². The smallest absolute Gasteiger partial charge is 0.416 e. The number of imidazole rings is 1. The number of fused-ring (bicyclic) bond motifs is 1. The van der Waals surface area contributed by atoms with Gasteiger partial charge in [0, 0.05) is 23.1 Å². The van der Waals surface area contributed by atoms with Gasteiger partial charge in [0.15, 0.2) is 11.5 Å². The van der Waals surface area contributed by atoms with E-state index in [1.165, 1.54) is 24.5 Å². The number of ether oxygens (including phenoxy) is 2. The first-order valence-electron chi connectivity index (χ1n) is 15.3. The number of benzene rings is 4. The number of methoxy groups -OCH3 is 1. The highest BCUT2D eigenvalue weighted by Gasteiger charge is 2.52. The molecule has 0 radical (unpaired) electrons. The lowest BCUT2D eigenvalue weighted by molar-refractivity contribution is -0.254. The Bertz CT molecular complexity index is 2070. The topological polar surface area (TPSA) is 85.6 Å². The number of carboxylic acid groups (broad SMARTS) is 1. The largest absolute Gasteiger partial charge is 0.544 e. The number of hydrogen-bond acceptors (Lipinski definition) is 7. The van der Waals surface area contributed by atoms with Crippen LogP contribution in [0.4, 0.5) is 13.2 Å². The van der Waals surface area contributed by atoms with Crippen molar-refractivity contribution in [2.75, 3.05) is 7.11 Å². The van der Waals surface area contributed by atoms with Crippen LogP contribution in [0.25, 0.3) is 16.7 Å². The van der Waals surface area contributed by atoms with E-state index in [2.05, 4.69) is 50.0 Å². The van der Waals surface area contributed by atoms with E-state index in [0.29, 0.717) is 22.5 Å². The monoisotopic (exact) mass is 701 g/mol. The average molecular weight is 702 g/mol. The SMILES string of the molecule is COc1cc2ncn(-c3csc(C(=O)[O-])c3OCc3ccccc3C(F)(F)F)c2cc1O[Si](c1ccccc1)(c1ccccc1)C(C)(C)C. The summed E-state index contributed by atoms with van der Waals surface area (Å²) in [5.74, 6) is -0.751. The zero-order valence-corrected chi connectivity index (χ0v) is 28.9. The number of carboxylic acids is 1. The molecule has 2 aromatic heterocycles. The normalized spacial score (nSPS) is 12.2. The maximum atomic E-state index is 13.7. The summed E-state index contributed by atoms with van der Waals surface area (Å²) >= 11 is 0.849. The van der Waals surface area contributed by atoms with Gasteiger partial charge < -0.3 is 23.8 Å². The van der Waals surface area contributed by atoms with Gasteiger partial charge in [-0.2, -0.15) is 13.2 Å². The Morgan fingerprint density at radius 3 is 2.08 bits per heavy atom. The van der Waals surface area contributed by atoms with Crippen molar-refractivity contribution in [1.29, 1.82) is 0 Å². The molecule has 2 heterocycles. The molecule has 0 atom stereocenters. The maximum Gasteiger partial charge on any atom is 0.416 e. The lowest BCUT2D eigenvalue weighted by Gasteiger charge is -2.43. The first-order chi connectivity index (χ1) is 23.3. The first-order valence-corrected chi connectivity index (χ1v) is 18.1. The highest BCUT2D eigenvalue weighted by atomic mass is 32.1. The van der Waals surface area contributed by atoms with Gasteiger partial charge in [-0.3, -0.25) is 4.57 Å². The zero-order chi connectivity index (χ0) is 35.0. The summed E-state index contributed by atoms with van der Waals surface area (Å²) < 4.78 is 61.8. The molecule has 0 spiro atoms. The van der Waals surface area contributed by atoms with Gasteiger partial charge >= 0.3 is 14.5 Å². The Morgan fingerprint density at radius 2 is 1.51 bits per heavy atom. The minimum absolute atomic E-state index is 0.133. The van der Waals surface area contributed by atoms with Crippen molar-refractivity contribution in [1.82, 2.24) is 9.55 Å². The van der Waals surface area contributed by atoms with Crippen molar-refractivity contribution in [2.45, 2.75) is 38.6 Å². The molecule has 0 N–H and O–H groups in total. The Kier molecular flexibility index (Phi) is 9.03. The van der Waals surface area contributed by atoms with E-state index in [1.807, 2.05) is 36.4 Å². The molecule has 4 aromatic carbocycles. The molecule has 0 aliphatic heterocycles. The highest BCUT2D eigenvalue weighted by Crippen LogP contribution is 2.43. The van der Waals surface area contributed by atoms with Gasteiger partial charge in [0.1, 0.15) is 24.4 Å². The number of carbonyl (C=O) groups excluding carboxylic acids is 1. The molecule has 6 rings (SSSR count). The van der Waals surface area contributed by atoms with E-state index < -0.39 is 32.6 Å². The summed E-state index contributed by atoms with van der Waals surface area (Å²) in [5.41, 5.74) is 0.320. The number of hydrogen-bond donors (Lipinski definition) is 0. The third-order valence-corrected chi connectivity index (χ3v) is 14.2. The summed E-state index contributed by atoms with van der Waals surface area (Å²) in [6.07, 6.45) is -3.12. The molecule has 0 saturated heterocycles. The summed E-state index contributed by atoms with van der Waals surface area (Å²) in [7, 11) is -1.56. The molecule has 0 aliphatic rings. The Balaban J connectivity index is 1.49. The minimum atomic E-state index is -4.62. The predicted octanol–water partition coefficient (Wildman–Crippen LogP) is 7.00. The second kappa shape index (κ2) is 13.1. The lowest BCUT2D eigenvalue weighted by atomic mass is 10.1. The van der Waals surface area contributed by atoms with Gasteiger partial charge in [-0.25, -0.2) is 4.98 Å². The van der Waals surface area contributed by atoms with Gasteiger partial charge in [-0.1, -0.05) is 99.6 Å². The molecule has 49 heavy (non-hydrogen) atoms. The fourth-order valence-corrected chi connectivity index (χ4v) is 11.4. The van der Waals surface area contributed by atoms with Crippen molar-refractivity contribution >= 4 is 47.0 Å². The van der Waals surface area contributed by atoms with Gasteiger partial charge in [0.05, 0.1) is 34.6 Å². The summed E-state index contributed by atoms with van der Waals surface area (Å²) in [4.78, 5) is 16.4. The third-order valence-electron chi connectivity index (χ3n) is 8.38. The molecule has 0 aliphatic carbocycles. The van der Waals surface area contributed by atoms with Crippen LogP contribution in [0.1, 0.15) is 41.6 Å². The van der Waals surface area contributed by atoms with E-state index >= 15 is 0 Å². The molecule has 0 bridgehead atoms. The van der Waals surface area contributed by atoms with Crippen LogP contribution < -0.4 is 29.4 Å². The van der Waals surface area contributed by atoms with Crippen LogP contribution in [0.2, 0.25) is 5.04 Å². The van der Waals surface area contributed by atoms with E-state index in [1.54, 1.807) is 29.2 Å². The summed E-state index contributed by atoms with van der Waals surface area (Å²) in [6, 6.07) is 28.7. The first kappa shape index (κ1) is 33.8. The number of nitrogens with zero attached hydrogens (tertiary/aromatic N) is 2. The van der Waals surface area contributed by atoms with Crippen LogP contribution in [0.3, 0.4) is 0 Å². The van der Waals surface area contributed by atoms with Gasteiger partial charge in [-0.05, 0) is 21.5 Å². The number of alkyl halides is 3. The third kappa shape index (κ3) is 6.29. The summed E-state index contributed by atoms with van der Waals surface area (Å²) in [6.45, 7) is 5.94. The fourth-order valence-electron chi connectivity index (χ4n) is 6.12. The quantitative estimate of drug-likeness (QED) is 0.143. The number of halogens is 3. The highest BCUT2D eigenvalue weighted by molar-refractivity contribution is 7.12. The number of aromatic nitrogens is 2. The number of rotatable bonds is 10. The molecule has 12 heteroatoms. The predicted molar refractivity (Wildman–Crippen MR) is 184 cm³/mol. The van der Waals surface area contributed by atoms with Crippen LogP contribution in [0.5, 0.6) is 17.2 Å². The zero-order valence-electron chi connectivity index (χ0n) is 27.1. The van der Waals surface area contributed by atoms with Gasteiger partial charge in [-0.15, -0.1) is 11.3 Å². The Labute approximate surface area is 286 Å². The molecular formula is C37H32F3N2O5SSi-. The average Bonchev–Trinajstić information content (AvgIpc) is 3.69. The van der Waals surface area contributed by atoms with E-state index in [4.69, 9.17) is 13.9 Å². The van der Waals surface area contributed by atoms with Crippen molar-refractivity contribution in [3.8, 4) is 22.9 Å². The van der Waals surface area contributed by atoms with Crippen molar-refractivity contribution in [3.05, 3.63) is 125 Å². The second-order valence-corrected chi connectivity index (χ2v) is 17.5. The van der Waals surface area contributed by atoms with Crippen molar-refractivity contribution < 1.29 is 37.0 Å².